The number of thioether (sulfide) groups is 1. The summed E-state index contributed by atoms with van der Waals surface area (Å²) in [5.41, 5.74) is 0.621. The minimum atomic E-state index is -0.206. The molecule has 1 aromatic carbocycles. The molecule has 0 aliphatic carbocycles. The zero-order valence-electron chi connectivity index (χ0n) is 9.88. The number of hydrogen-bond acceptors (Lipinski definition) is 2. The van der Waals surface area contributed by atoms with Gasteiger partial charge >= 0.3 is 0 Å². The third-order valence-electron chi connectivity index (χ3n) is 3.21. The highest BCUT2D eigenvalue weighted by atomic mass is 35.5. The molecule has 0 radical (unpaired) electrons. The van der Waals surface area contributed by atoms with Gasteiger partial charge in [0.1, 0.15) is 5.82 Å². The molecule has 2 unspecified atom stereocenters. The SMILES string of the molecule is CNC(c1c(F)cccc1Cl)C1CCCCS1. The molecule has 0 aromatic heterocycles. The van der Waals surface area contributed by atoms with Gasteiger partial charge in [-0.3, -0.25) is 0 Å². The maximum absolute atomic E-state index is 13.9. The topological polar surface area (TPSA) is 12.0 Å². The zero-order valence-corrected chi connectivity index (χ0v) is 11.5. The van der Waals surface area contributed by atoms with Crippen molar-refractivity contribution < 1.29 is 4.39 Å². The molecule has 0 bridgehead atoms. The lowest BCUT2D eigenvalue weighted by Crippen LogP contribution is -2.30. The molecule has 17 heavy (non-hydrogen) atoms. The van der Waals surface area contributed by atoms with Crippen LogP contribution in [0.25, 0.3) is 0 Å². The summed E-state index contributed by atoms with van der Waals surface area (Å²) in [7, 11) is 1.88. The second kappa shape index (κ2) is 6.07. The summed E-state index contributed by atoms with van der Waals surface area (Å²) < 4.78 is 13.9. The number of halogens is 2. The molecule has 1 aliphatic rings. The van der Waals surface area contributed by atoms with Crippen molar-refractivity contribution in [3.63, 3.8) is 0 Å². The number of nitrogens with one attached hydrogen (secondary N) is 1. The summed E-state index contributed by atoms with van der Waals surface area (Å²) in [6.07, 6.45) is 3.62. The molecular formula is C13H17ClFNS. The van der Waals surface area contributed by atoms with Crippen LogP contribution in [0.1, 0.15) is 30.9 Å². The van der Waals surface area contributed by atoms with Crippen LogP contribution in [0.4, 0.5) is 4.39 Å². The molecule has 0 amide bonds. The Kier molecular flexibility index (Phi) is 4.71. The highest BCUT2D eigenvalue weighted by Gasteiger charge is 2.28. The molecule has 1 saturated heterocycles. The fraction of sp³-hybridized carbons (Fsp3) is 0.538. The van der Waals surface area contributed by atoms with Gasteiger partial charge in [-0.25, -0.2) is 4.39 Å². The monoisotopic (exact) mass is 273 g/mol. The first-order valence-electron chi connectivity index (χ1n) is 5.97. The van der Waals surface area contributed by atoms with E-state index >= 15 is 0 Å². The Morgan fingerprint density at radius 2 is 2.29 bits per heavy atom. The highest BCUT2D eigenvalue weighted by molar-refractivity contribution is 8.00. The minimum absolute atomic E-state index is 0.00833. The van der Waals surface area contributed by atoms with E-state index in [1.165, 1.54) is 18.9 Å². The molecule has 1 nitrogen and oxygen atoms in total. The average Bonchev–Trinajstić information content (AvgIpc) is 2.35. The minimum Gasteiger partial charge on any atom is -0.312 e. The van der Waals surface area contributed by atoms with Crippen molar-refractivity contribution in [2.45, 2.75) is 30.6 Å². The third kappa shape index (κ3) is 2.95. The van der Waals surface area contributed by atoms with Crippen molar-refractivity contribution in [1.82, 2.24) is 5.32 Å². The summed E-state index contributed by atoms with van der Waals surface area (Å²) in [6.45, 7) is 0. The van der Waals surface area contributed by atoms with E-state index in [4.69, 9.17) is 11.6 Å². The van der Waals surface area contributed by atoms with Crippen LogP contribution in [0.2, 0.25) is 5.02 Å². The summed E-state index contributed by atoms with van der Waals surface area (Å²) in [5.74, 6) is 0.956. The average molecular weight is 274 g/mol. The van der Waals surface area contributed by atoms with Gasteiger partial charge in [0.25, 0.3) is 0 Å². The Morgan fingerprint density at radius 1 is 1.47 bits per heavy atom. The van der Waals surface area contributed by atoms with E-state index in [-0.39, 0.29) is 11.9 Å². The third-order valence-corrected chi connectivity index (χ3v) is 5.00. The zero-order chi connectivity index (χ0) is 12.3. The Bertz CT molecular complexity index is 359. The molecule has 0 saturated carbocycles. The van der Waals surface area contributed by atoms with E-state index in [9.17, 15) is 4.39 Å². The molecule has 4 heteroatoms. The van der Waals surface area contributed by atoms with Crippen molar-refractivity contribution in [1.29, 1.82) is 0 Å². The predicted molar refractivity (Wildman–Crippen MR) is 73.3 cm³/mol. The van der Waals surface area contributed by atoms with Gasteiger partial charge in [-0.2, -0.15) is 11.8 Å². The fourth-order valence-corrected chi connectivity index (χ4v) is 4.10. The van der Waals surface area contributed by atoms with Gasteiger partial charge in [-0.15, -0.1) is 0 Å². The number of hydrogen-bond donors (Lipinski definition) is 1. The summed E-state index contributed by atoms with van der Waals surface area (Å²) in [4.78, 5) is 0. The van der Waals surface area contributed by atoms with E-state index in [2.05, 4.69) is 5.32 Å². The van der Waals surface area contributed by atoms with Gasteiger partial charge in [-0.05, 0) is 37.8 Å². The number of rotatable bonds is 3. The smallest absolute Gasteiger partial charge is 0.129 e. The molecule has 94 valence electrons. The number of benzene rings is 1. The lowest BCUT2D eigenvalue weighted by atomic mass is 9.99. The van der Waals surface area contributed by atoms with Gasteiger partial charge in [0.05, 0.1) is 0 Å². The standard InChI is InChI=1S/C13H17ClFNS/c1-16-13(11-7-2-3-8-17-11)12-9(14)5-4-6-10(12)15/h4-6,11,13,16H,2-3,7-8H2,1H3. The van der Waals surface area contributed by atoms with Crippen LogP contribution < -0.4 is 5.32 Å². The first kappa shape index (κ1) is 13.2. The van der Waals surface area contributed by atoms with Crippen LogP contribution in [-0.2, 0) is 0 Å². The highest BCUT2D eigenvalue weighted by Crippen LogP contribution is 2.37. The molecule has 1 aromatic rings. The van der Waals surface area contributed by atoms with Gasteiger partial charge in [0.2, 0.25) is 0 Å². The second-order valence-corrected chi connectivity index (χ2v) is 6.06. The van der Waals surface area contributed by atoms with E-state index in [1.54, 1.807) is 12.1 Å². The Labute approximate surface area is 111 Å². The molecule has 1 aliphatic heterocycles. The Balaban J connectivity index is 2.27. The second-order valence-electron chi connectivity index (χ2n) is 4.31. The van der Waals surface area contributed by atoms with Crippen LogP contribution in [0, 0.1) is 5.82 Å². The molecule has 1 fully saturated rings. The normalized spacial score (nSPS) is 22.4. The van der Waals surface area contributed by atoms with Crippen molar-refractivity contribution in [2.24, 2.45) is 0 Å². The van der Waals surface area contributed by atoms with Crippen molar-refractivity contribution in [3.8, 4) is 0 Å². The van der Waals surface area contributed by atoms with Crippen LogP contribution in [0.5, 0.6) is 0 Å². The van der Waals surface area contributed by atoms with Crippen LogP contribution in [0.3, 0.4) is 0 Å². The lowest BCUT2D eigenvalue weighted by molar-refractivity contribution is 0.489. The Hall–Kier alpha value is -0.250. The molecular weight excluding hydrogens is 257 g/mol. The van der Waals surface area contributed by atoms with Crippen molar-refractivity contribution >= 4 is 23.4 Å². The van der Waals surface area contributed by atoms with Gasteiger partial charge in [0, 0.05) is 21.9 Å². The molecule has 2 rings (SSSR count). The maximum Gasteiger partial charge on any atom is 0.129 e. The van der Waals surface area contributed by atoms with Crippen LogP contribution >= 0.6 is 23.4 Å². The van der Waals surface area contributed by atoms with E-state index < -0.39 is 0 Å². The largest absolute Gasteiger partial charge is 0.312 e. The van der Waals surface area contributed by atoms with Crippen LogP contribution in [-0.4, -0.2) is 18.1 Å². The maximum atomic E-state index is 13.9. The van der Waals surface area contributed by atoms with E-state index in [1.807, 2.05) is 18.8 Å². The van der Waals surface area contributed by atoms with Gasteiger partial charge in [0.15, 0.2) is 0 Å². The van der Waals surface area contributed by atoms with Crippen molar-refractivity contribution in [3.05, 3.63) is 34.6 Å². The lowest BCUT2D eigenvalue weighted by Gasteiger charge is -2.30. The molecule has 1 N–H and O–H groups in total. The van der Waals surface area contributed by atoms with Gasteiger partial charge in [-0.1, -0.05) is 24.1 Å². The van der Waals surface area contributed by atoms with E-state index in [0.717, 1.165) is 12.2 Å². The predicted octanol–water partition coefficient (Wildman–Crippen LogP) is 4.03. The first-order chi connectivity index (χ1) is 8.24. The molecule has 0 spiro atoms. The fourth-order valence-electron chi connectivity index (χ4n) is 2.35. The molecule has 2 atom stereocenters. The first-order valence-corrected chi connectivity index (χ1v) is 7.39. The van der Waals surface area contributed by atoms with E-state index in [0.29, 0.717) is 15.8 Å². The summed E-state index contributed by atoms with van der Waals surface area (Å²) >= 11 is 8.05. The molecule has 1 heterocycles. The Morgan fingerprint density at radius 3 is 2.88 bits per heavy atom. The van der Waals surface area contributed by atoms with Gasteiger partial charge < -0.3 is 5.32 Å². The quantitative estimate of drug-likeness (QED) is 0.893. The van der Waals surface area contributed by atoms with Crippen LogP contribution in [0.15, 0.2) is 18.2 Å². The summed E-state index contributed by atoms with van der Waals surface area (Å²) in [6, 6.07) is 4.91. The summed E-state index contributed by atoms with van der Waals surface area (Å²) in [5, 5.41) is 4.17. The van der Waals surface area contributed by atoms with Crippen molar-refractivity contribution in [2.75, 3.05) is 12.8 Å².